The Hall–Kier alpha value is -2.17. The van der Waals surface area contributed by atoms with Crippen molar-refractivity contribution in [3.63, 3.8) is 0 Å². The summed E-state index contributed by atoms with van der Waals surface area (Å²) in [4.78, 5) is 24.3. The molecular formula is C10H10N2O3. The second-order valence-electron chi connectivity index (χ2n) is 2.82. The highest BCUT2D eigenvalue weighted by Gasteiger charge is 2.08. The average molecular weight is 206 g/mol. The lowest BCUT2D eigenvalue weighted by atomic mass is 10.2. The number of rotatable bonds is 4. The molecule has 0 spiro atoms. The highest BCUT2D eigenvalue weighted by molar-refractivity contribution is 5.91. The summed E-state index contributed by atoms with van der Waals surface area (Å²) >= 11 is 0. The number of carboxylic acids is 1. The molecule has 15 heavy (non-hydrogen) atoms. The number of pyridine rings is 1. The largest absolute Gasteiger partial charge is 0.476 e. The third-order valence-corrected chi connectivity index (χ3v) is 1.68. The van der Waals surface area contributed by atoms with Crippen LogP contribution in [0.1, 0.15) is 22.5 Å². The molecule has 5 heteroatoms. The second-order valence-corrected chi connectivity index (χ2v) is 2.82. The van der Waals surface area contributed by atoms with Crippen molar-refractivity contribution >= 4 is 24.0 Å². The Labute approximate surface area is 86.2 Å². The predicted octanol–water partition coefficient (Wildman–Crippen LogP) is 0.964. The standard InChI is InChI=1S/C10H10N2O3/c11-8-5-7(3-1-2-4-13)6-12-9(8)10(14)15/h1,3-6H,2,11H2,(H,14,15). The lowest BCUT2D eigenvalue weighted by Gasteiger charge is -2.00. The van der Waals surface area contributed by atoms with E-state index in [0.29, 0.717) is 12.0 Å². The molecule has 1 aromatic heterocycles. The topological polar surface area (TPSA) is 93.3 Å². The summed E-state index contributed by atoms with van der Waals surface area (Å²) in [6, 6.07) is 1.50. The fourth-order valence-electron chi connectivity index (χ4n) is 1.03. The Kier molecular flexibility index (Phi) is 3.56. The van der Waals surface area contributed by atoms with Gasteiger partial charge in [-0.25, -0.2) is 9.78 Å². The monoisotopic (exact) mass is 206 g/mol. The molecule has 3 N–H and O–H groups in total. The lowest BCUT2D eigenvalue weighted by Crippen LogP contribution is -2.05. The fourth-order valence-corrected chi connectivity index (χ4v) is 1.03. The van der Waals surface area contributed by atoms with Crippen LogP contribution in [0.4, 0.5) is 5.69 Å². The number of hydrogen-bond acceptors (Lipinski definition) is 4. The molecule has 0 unspecified atom stereocenters. The van der Waals surface area contributed by atoms with Crippen molar-refractivity contribution in [2.45, 2.75) is 6.42 Å². The molecular weight excluding hydrogens is 196 g/mol. The third-order valence-electron chi connectivity index (χ3n) is 1.68. The van der Waals surface area contributed by atoms with Crippen molar-refractivity contribution < 1.29 is 14.7 Å². The van der Waals surface area contributed by atoms with Crippen LogP contribution in [0, 0.1) is 0 Å². The summed E-state index contributed by atoms with van der Waals surface area (Å²) in [7, 11) is 0. The van der Waals surface area contributed by atoms with Gasteiger partial charge in [0.25, 0.3) is 0 Å². The van der Waals surface area contributed by atoms with Crippen LogP contribution in [0.5, 0.6) is 0 Å². The minimum atomic E-state index is -1.16. The second kappa shape index (κ2) is 4.90. The van der Waals surface area contributed by atoms with Crippen LogP contribution in [0.3, 0.4) is 0 Å². The van der Waals surface area contributed by atoms with Crippen molar-refractivity contribution in [1.82, 2.24) is 4.98 Å². The van der Waals surface area contributed by atoms with Crippen molar-refractivity contribution in [3.05, 3.63) is 29.6 Å². The Morgan fingerprint density at radius 2 is 2.33 bits per heavy atom. The van der Waals surface area contributed by atoms with E-state index in [1.54, 1.807) is 12.2 Å². The molecule has 0 saturated carbocycles. The van der Waals surface area contributed by atoms with E-state index in [-0.39, 0.29) is 11.4 Å². The normalized spacial score (nSPS) is 10.4. The number of anilines is 1. The summed E-state index contributed by atoms with van der Waals surface area (Å²) < 4.78 is 0. The maximum Gasteiger partial charge on any atom is 0.356 e. The lowest BCUT2D eigenvalue weighted by molar-refractivity contribution is -0.107. The molecule has 0 aromatic carbocycles. The number of nitrogens with two attached hydrogens (primary N) is 1. The Bertz CT molecular complexity index is 413. The van der Waals surface area contributed by atoms with Gasteiger partial charge in [0.1, 0.15) is 6.29 Å². The summed E-state index contributed by atoms with van der Waals surface area (Å²) in [5.41, 5.74) is 6.09. The number of aldehydes is 1. The van der Waals surface area contributed by atoms with Crippen LogP contribution in [-0.4, -0.2) is 22.3 Å². The minimum absolute atomic E-state index is 0.107. The van der Waals surface area contributed by atoms with Crippen molar-refractivity contribution in [1.29, 1.82) is 0 Å². The zero-order valence-electron chi connectivity index (χ0n) is 7.88. The molecule has 0 amide bonds. The smallest absolute Gasteiger partial charge is 0.356 e. The Morgan fingerprint density at radius 1 is 1.60 bits per heavy atom. The molecule has 0 saturated heterocycles. The van der Waals surface area contributed by atoms with Crippen molar-refractivity contribution in [2.24, 2.45) is 0 Å². The van der Waals surface area contributed by atoms with E-state index in [0.717, 1.165) is 6.29 Å². The van der Waals surface area contributed by atoms with Gasteiger partial charge in [0, 0.05) is 12.6 Å². The van der Waals surface area contributed by atoms with Crippen LogP contribution < -0.4 is 5.73 Å². The molecule has 1 heterocycles. The first-order chi connectivity index (χ1) is 7.15. The molecule has 0 aliphatic carbocycles. The van der Waals surface area contributed by atoms with Crippen LogP contribution >= 0.6 is 0 Å². The first-order valence-electron chi connectivity index (χ1n) is 4.24. The number of nitrogen functional groups attached to an aromatic ring is 1. The maximum absolute atomic E-state index is 10.6. The van der Waals surface area contributed by atoms with Gasteiger partial charge >= 0.3 is 5.97 Å². The first kappa shape index (κ1) is 10.9. The summed E-state index contributed by atoms with van der Waals surface area (Å²) in [5.74, 6) is -1.16. The van der Waals surface area contributed by atoms with Crippen LogP contribution in [0.2, 0.25) is 0 Å². The number of hydrogen-bond donors (Lipinski definition) is 2. The summed E-state index contributed by atoms with van der Waals surface area (Å²) in [6.07, 6.45) is 5.76. The molecule has 78 valence electrons. The number of aromatic nitrogens is 1. The van der Waals surface area contributed by atoms with E-state index in [2.05, 4.69) is 4.98 Å². The Balaban J connectivity index is 2.91. The molecule has 1 rings (SSSR count). The number of allylic oxidation sites excluding steroid dienone is 1. The van der Waals surface area contributed by atoms with Gasteiger partial charge in [0.15, 0.2) is 5.69 Å². The van der Waals surface area contributed by atoms with Gasteiger partial charge in [-0.15, -0.1) is 0 Å². The van der Waals surface area contributed by atoms with Gasteiger partial charge in [-0.1, -0.05) is 12.2 Å². The number of carbonyl (C=O) groups excluding carboxylic acids is 1. The van der Waals surface area contributed by atoms with Gasteiger partial charge in [-0.3, -0.25) is 0 Å². The van der Waals surface area contributed by atoms with E-state index in [4.69, 9.17) is 10.8 Å². The highest BCUT2D eigenvalue weighted by Crippen LogP contribution is 2.12. The van der Waals surface area contributed by atoms with Crippen LogP contribution in [0.25, 0.3) is 6.08 Å². The molecule has 0 fully saturated rings. The molecule has 0 radical (unpaired) electrons. The van der Waals surface area contributed by atoms with E-state index in [9.17, 15) is 9.59 Å². The zero-order chi connectivity index (χ0) is 11.3. The van der Waals surface area contributed by atoms with E-state index < -0.39 is 5.97 Å². The van der Waals surface area contributed by atoms with E-state index in [1.165, 1.54) is 12.3 Å². The van der Waals surface area contributed by atoms with Crippen molar-refractivity contribution in [3.8, 4) is 0 Å². The molecule has 0 aliphatic heterocycles. The Morgan fingerprint density at radius 3 is 2.87 bits per heavy atom. The number of carbonyl (C=O) groups is 2. The first-order valence-corrected chi connectivity index (χ1v) is 4.24. The van der Waals surface area contributed by atoms with Crippen LogP contribution in [0.15, 0.2) is 18.3 Å². The summed E-state index contributed by atoms with van der Waals surface area (Å²) in [6.45, 7) is 0. The third kappa shape index (κ3) is 2.91. The minimum Gasteiger partial charge on any atom is -0.476 e. The molecule has 1 aromatic rings. The summed E-state index contributed by atoms with van der Waals surface area (Å²) in [5, 5.41) is 8.66. The maximum atomic E-state index is 10.6. The number of nitrogens with zero attached hydrogens (tertiary/aromatic N) is 1. The van der Waals surface area contributed by atoms with Gasteiger partial charge in [0.2, 0.25) is 0 Å². The van der Waals surface area contributed by atoms with Gasteiger partial charge in [0.05, 0.1) is 5.69 Å². The SMILES string of the molecule is Nc1cc(C=CCC=O)cnc1C(=O)O. The van der Waals surface area contributed by atoms with Gasteiger partial charge in [-0.05, 0) is 11.6 Å². The number of aromatic carboxylic acids is 1. The van der Waals surface area contributed by atoms with Crippen LogP contribution in [-0.2, 0) is 4.79 Å². The van der Waals surface area contributed by atoms with Crippen molar-refractivity contribution in [2.75, 3.05) is 5.73 Å². The van der Waals surface area contributed by atoms with E-state index >= 15 is 0 Å². The predicted molar refractivity (Wildman–Crippen MR) is 55.3 cm³/mol. The van der Waals surface area contributed by atoms with E-state index in [1.807, 2.05) is 0 Å². The molecule has 5 nitrogen and oxygen atoms in total. The average Bonchev–Trinajstić information content (AvgIpc) is 2.17. The molecule has 0 aliphatic rings. The highest BCUT2D eigenvalue weighted by atomic mass is 16.4. The zero-order valence-corrected chi connectivity index (χ0v) is 7.88. The quantitative estimate of drug-likeness (QED) is 0.716. The van der Waals surface area contributed by atoms with Gasteiger partial charge < -0.3 is 15.6 Å². The molecule has 0 atom stereocenters. The molecule has 0 bridgehead atoms. The fraction of sp³-hybridized carbons (Fsp3) is 0.100. The number of carboxylic acid groups (broad SMARTS) is 1. The van der Waals surface area contributed by atoms with Gasteiger partial charge in [-0.2, -0.15) is 0 Å².